The number of aliphatic hydroxyl groups is 1. The van der Waals surface area contributed by atoms with E-state index in [1.165, 1.54) is 12.3 Å². The van der Waals surface area contributed by atoms with Gasteiger partial charge in [0.1, 0.15) is 0 Å². The van der Waals surface area contributed by atoms with Crippen molar-refractivity contribution in [2.45, 2.75) is 44.9 Å². The van der Waals surface area contributed by atoms with E-state index < -0.39 is 10.0 Å². The molecule has 0 bridgehead atoms. The van der Waals surface area contributed by atoms with E-state index in [2.05, 4.69) is 4.72 Å². The highest BCUT2D eigenvalue weighted by Crippen LogP contribution is 2.16. The Morgan fingerprint density at radius 1 is 1.45 bits per heavy atom. The van der Waals surface area contributed by atoms with Crippen molar-refractivity contribution in [1.82, 2.24) is 9.29 Å². The largest absolute Gasteiger partial charge is 0.390 e. The van der Waals surface area contributed by atoms with Crippen molar-refractivity contribution >= 4 is 10.0 Å². The molecule has 0 aliphatic carbocycles. The second-order valence-electron chi connectivity index (χ2n) is 5.04. The van der Waals surface area contributed by atoms with Crippen molar-refractivity contribution in [3.63, 3.8) is 0 Å². The van der Waals surface area contributed by atoms with Crippen LogP contribution in [0.15, 0.2) is 17.2 Å². The van der Waals surface area contributed by atoms with Crippen LogP contribution in [0.3, 0.4) is 0 Å². The Balaban J connectivity index is 3.00. The zero-order valence-corrected chi connectivity index (χ0v) is 13.3. The summed E-state index contributed by atoms with van der Waals surface area (Å²) in [6.45, 7) is 6.50. The van der Waals surface area contributed by atoms with Crippen LogP contribution < -0.4 is 4.72 Å². The first-order chi connectivity index (χ1) is 9.35. The van der Waals surface area contributed by atoms with Crippen molar-refractivity contribution in [2.75, 3.05) is 13.7 Å². The summed E-state index contributed by atoms with van der Waals surface area (Å²) in [5, 5.41) is 9.23. The molecule has 0 spiro atoms. The molecule has 1 atom stereocenters. The molecule has 1 rings (SSSR count). The number of ether oxygens (including phenoxy) is 1. The molecule has 2 N–H and O–H groups in total. The highest BCUT2D eigenvalue weighted by Gasteiger charge is 2.24. The summed E-state index contributed by atoms with van der Waals surface area (Å²) in [6.07, 6.45) is 1.54. The molecule has 0 aliphatic heterocycles. The average Bonchev–Trinajstić information content (AvgIpc) is 2.81. The number of aliphatic hydroxyl groups excluding tert-OH is 1. The van der Waals surface area contributed by atoms with Gasteiger partial charge in [0.25, 0.3) is 0 Å². The predicted octanol–water partition coefficient (Wildman–Crippen LogP) is 0.950. The van der Waals surface area contributed by atoms with Gasteiger partial charge in [-0.05, 0) is 18.9 Å². The quantitative estimate of drug-likeness (QED) is 0.749. The second-order valence-corrected chi connectivity index (χ2v) is 6.75. The fourth-order valence-electron chi connectivity index (χ4n) is 1.91. The minimum absolute atomic E-state index is 0.121. The lowest BCUT2D eigenvalue weighted by Crippen LogP contribution is -2.41. The monoisotopic (exact) mass is 304 g/mol. The van der Waals surface area contributed by atoms with Gasteiger partial charge in [0.05, 0.1) is 18.1 Å². The molecule has 0 saturated carbocycles. The maximum atomic E-state index is 12.4. The molecule has 0 amide bonds. The molecule has 0 saturated heterocycles. The van der Waals surface area contributed by atoms with E-state index in [1.54, 1.807) is 11.7 Å². The fourth-order valence-corrected chi connectivity index (χ4v) is 3.34. The summed E-state index contributed by atoms with van der Waals surface area (Å²) in [7, 11) is -2.07. The topological polar surface area (TPSA) is 80.6 Å². The van der Waals surface area contributed by atoms with E-state index in [-0.39, 0.29) is 23.5 Å². The lowest BCUT2D eigenvalue weighted by Gasteiger charge is -2.20. The summed E-state index contributed by atoms with van der Waals surface area (Å²) >= 11 is 0. The standard InChI is InChI=1S/C13H24N2O4S/c1-5-15-7-12(6-11(15)8-16)20(17,18)14-13(9-19-4)10(2)3/h6-7,10,13-14,16H,5,8-9H2,1-4H3. The maximum Gasteiger partial charge on any atom is 0.242 e. The van der Waals surface area contributed by atoms with Crippen LogP contribution in [-0.4, -0.2) is 37.8 Å². The van der Waals surface area contributed by atoms with Crippen LogP contribution in [0, 0.1) is 5.92 Å². The van der Waals surface area contributed by atoms with E-state index in [0.29, 0.717) is 18.8 Å². The van der Waals surface area contributed by atoms with Gasteiger partial charge in [-0.1, -0.05) is 13.8 Å². The highest BCUT2D eigenvalue weighted by molar-refractivity contribution is 7.89. The molecule has 116 valence electrons. The van der Waals surface area contributed by atoms with Crippen LogP contribution in [0.4, 0.5) is 0 Å². The van der Waals surface area contributed by atoms with Crippen molar-refractivity contribution in [1.29, 1.82) is 0 Å². The normalized spacial score (nSPS) is 13.9. The third kappa shape index (κ3) is 4.05. The number of sulfonamides is 1. The van der Waals surface area contributed by atoms with Crippen molar-refractivity contribution < 1.29 is 18.3 Å². The third-order valence-electron chi connectivity index (χ3n) is 3.23. The molecule has 1 heterocycles. The van der Waals surface area contributed by atoms with Gasteiger partial charge in [-0.3, -0.25) is 0 Å². The number of hydrogen-bond donors (Lipinski definition) is 2. The first kappa shape index (κ1) is 17.2. The van der Waals surface area contributed by atoms with Crippen LogP contribution in [-0.2, 0) is 27.9 Å². The molecule has 0 aliphatic rings. The molecular formula is C13H24N2O4S. The van der Waals surface area contributed by atoms with Gasteiger partial charge in [-0.25, -0.2) is 13.1 Å². The fraction of sp³-hybridized carbons (Fsp3) is 0.692. The van der Waals surface area contributed by atoms with E-state index >= 15 is 0 Å². The number of methoxy groups -OCH3 is 1. The average molecular weight is 304 g/mol. The molecular weight excluding hydrogens is 280 g/mol. The van der Waals surface area contributed by atoms with Crippen molar-refractivity contribution in [3.05, 3.63) is 18.0 Å². The molecule has 0 radical (unpaired) electrons. The Hall–Kier alpha value is -0.890. The Bertz CT molecular complexity index is 501. The molecule has 0 aromatic carbocycles. The van der Waals surface area contributed by atoms with Crippen LogP contribution in [0.1, 0.15) is 26.5 Å². The van der Waals surface area contributed by atoms with E-state index in [1.807, 2.05) is 20.8 Å². The minimum Gasteiger partial charge on any atom is -0.390 e. The first-order valence-corrected chi connectivity index (χ1v) is 8.15. The number of aryl methyl sites for hydroxylation is 1. The number of aromatic nitrogens is 1. The molecule has 0 fully saturated rings. The van der Waals surface area contributed by atoms with Crippen molar-refractivity contribution in [2.24, 2.45) is 5.92 Å². The summed E-state index contributed by atoms with van der Waals surface area (Å²) in [5.41, 5.74) is 0.584. The van der Waals surface area contributed by atoms with Gasteiger partial charge in [-0.15, -0.1) is 0 Å². The molecule has 6 nitrogen and oxygen atoms in total. The molecule has 1 unspecified atom stereocenters. The molecule has 1 aromatic heterocycles. The van der Waals surface area contributed by atoms with Gasteiger partial charge < -0.3 is 14.4 Å². The van der Waals surface area contributed by atoms with E-state index in [0.717, 1.165) is 0 Å². The van der Waals surface area contributed by atoms with Gasteiger partial charge in [0.2, 0.25) is 10.0 Å². The zero-order valence-electron chi connectivity index (χ0n) is 12.5. The predicted molar refractivity (Wildman–Crippen MR) is 76.9 cm³/mol. The van der Waals surface area contributed by atoms with Crippen LogP contribution in [0.2, 0.25) is 0 Å². The molecule has 1 aromatic rings. The van der Waals surface area contributed by atoms with Gasteiger partial charge in [0, 0.05) is 31.6 Å². The smallest absolute Gasteiger partial charge is 0.242 e. The van der Waals surface area contributed by atoms with Gasteiger partial charge in [-0.2, -0.15) is 0 Å². The Labute approximate surface area is 120 Å². The van der Waals surface area contributed by atoms with Crippen LogP contribution in [0.5, 0.6) is 0 Å². The lowest BCUT2D eigenvalue weighted by molar-refractivity contribution is 0.157. The van der Waals surface area contributed by atoms with Crippen LogP contribution in [0.25, 0.3) is 0 Å². The first-order valence-electron chi connectivity index (χ1n) is 6.66. The van der Waals surface area contributed by atoms with Crippen LogP contribution >= 0.6 is 0 Å². The zero-order chi connectivity index (χ0) is 15.3. The number of nitrogens with zero attached hydrogens (tertiary/aromatic N) is 1. The van der Waals surface area contributed by atoms with Gasteiger partial charge >= 0.3 is 0 Å². The van der Waals surface area contributed by atoms with E-state index in [9.17, 15) is 13.5 Å². The van der Waals surface area contributed by atoms with Gasteiger partial charge in [0.15, 0.2) is 0 Å². The number of nitrogens with one attached hydrogen (secondary N) is 1. The highest BCUT2D eigenvalue weighted by atomic mass is 32.2. The summed E-state index contributed by atoms with van der Waals surface area (Å²) in [5.74, 6) is 0.121. The Kier molecular flexibility index (Phi) is 6.19. The maximum absolute atomic E-state index is 12.4. The Morgan fingerprint density at radius 3 is 2.50 bits per heavy atom. The van der Waals surface area contributed by atoms with E-state index in [4.69, 9.17) is 4.74 Å². The number of hydrogen-bond acceptors (Lipinski definition) is 4. The lowest BCUT2D eigenvalue weighted by atomic mass is 10.1. The summed E-state index contributed by atoms with van der Waals surface area (Å²) in [6, 6.07) is 1.21. The number of rotatable bonds is 8. The minimum atomic E-state index is -3.61. The molecule has 20 heavy (non-hydrogen) atoms. The third-order valence-corrected chi connectivity index (χ3v) is 4.69. The second kappa shape index (κ2) is 7.21. The SMILES string of the molecule is CCn1cc(S(=O)(=O)NC(COC)C(C)C)cc1CO. The Morgan fingerprint density at radius 2 is 2.10 bits per heavy atom. The molecule has 7 heteroatoms. The summed E-state index contributed by atoms with van der Waals surface area (Å²) < 4.78 is 34.1. The van der Waals surface area contributed by atoms with Crippen molar-refractivity contribution in [3.8, 4) is 0 Å². The summed E-state index contributed by atoms with van der Waals surface area (Å²) in [4.78, 5) is 0.171.